The highest BCUT2D eigenvalue weighted by molar-refractivity contribution is 5.97. The number of benzene rings is 2. The lowest BCUT2D eigenvalue weighted by Crippen LogP contribution is -2.33. The van der Waals surface area contributed by atoms with Crippen molar-refractivity contribution in [2.45, 2.75) is 31.8 Å². The van der Waals surface area contributed by atoms with Gasteiger partial charge in [-0.15, -0.1) is 0 Å². The first-order valence-electron chi connectivity index (χ1n) is 13.7. The van der Waals surface area contributed by atoms with Gasteiger partial charge in [0.2, 0.25) is 5.95 Å². The third-order valence-electron chi connectivity index (χ3n) is 7.13. The molecule has 3 aromatic rings. The second kappa shape index (κ2) is 13.2. The van der Waals surface area contributed by atoms with Crippen LogP contribution < -0.4 is 20.1 Å². The Hall–Kier alpha value is -4.20. The molecule has 40 heavy (non-hydrogen) atoms. The average molecular weight is 543 g/mol. The van der Waals surface area contributed by atoms with Crippen LogP contribution in [-0.4, -0.2) is 73.4 Å². The van der Waals surface area contributed by atoms with E-state index in [1.165, 1.54) is 12.8 Å². The summed E-state index contributed by atoms with van der Waals surface area (Å²) < 4.78 is 17.0. The lowest BCUT2D eigenvalue weighted by Gasteiger charge is -2.23. The summed E-state index contributed by atoms with van der Waals surface area (Å²) in [6.07, 6.45) is 5.77. The number of methoxy groups -OCH3 is 1. The molecule has 10 heteroatoms. The van der Waals surface area contributed by atoms with Crippen LogP contribution in [0.3, 0.4) is 0 Å². The number of ether oxygens (including phenoxy) is 3. The van der Waals surface area contributed by atoms with Gasteiger partial charge in [-0.2, -0.15) is 5.26 Å². The van der Waals surface area contributed by atoms with Gasteiger partial charge < -0.3 is 29.7 Å². The Bertz CT molecular complexity index is 1360. The van der Waals surface area contributed by atoms with Crippen molar-refractivity contribution in [1.29, 1.82) is 5.26 Å². The predicted molar refractivity (Wildman–Crippen MR) is 151 cm³/mol. The normalized spacial score (nSPS) is 15.8. The number of nitrogens with one attached hydrogen (secondary N) is 2. The van der Waals surface area contributed by atoms with E-state index in [-0.39, 0.29) is 12.0 Å². The Labute approximate surface area is 234 Å². The van der Waals surface area contributed by atoms with Gasteiger partial charge in [-0.05, 0) is 62.3 Å². The first-order valence-corrected chi connectivity index (χ1v) is 13.7. The Balaban J connectivity index is 1.25. The minimum absolute atomic E-state index is 0.0472. The van der Waals surface area contributed by atoms with Crippen LogP contribution in [0.5, 0.6) is 11.5 Å². The minimum atomic E-state index is -0.168. The molecule has 0 aliphatic carbocycles. The van der Waals surface area contributed by atoms with Crippen LogP contribution in [0.2, 0.25) is 0 Å². The number of amides is 1. The third-order valence-corrected chi connectivity index (χ3v) is 7.13. The predicted octanol–water partition coefficient (Wildman–Crippen LogP) is 4.15. The molecule has 1 amide bonds. The van der Waals surface area contributed by atoms with Gasteiger partial charge >= 0.3 is 0 Å². The molecule has 5 rings (SSSR count). The number of rotatable bonds is 10. The molecular weight excluding hydrogens is 508 g/mol. The van der Waals surface area contributed by atoms with E-state index >= 15 is 0 Å². The summed E-state index contributed by atoms with van der Waals surface area (Å²) in [6.45, 7) is 4.98. The van der Waals surface area contributed by atoms with Gasteiger partial charge in [0.25, 0.3) is 5.91 Å². The molecule has 2 aliphatic rings. The van der Waals surface area contributed by atoms with E-state index in [0.717, 1.165) is 38.0 Å². The van der Waals surface area contributed by atoms with Crippen molar-refractivity contribution in [2.24, 2.45) is 0 Å². The molecule has 2 fully saturated rings. The maximum atomic E-state index is 12.8. The summed E-state index contributed by atoms with van der Waals surface area (Å²) >= 11 is 0. The summed E-state index contributed by atoms with van der Waals surface area (Å²) in [5.41, 5.74) is 3.04. The largest absolute Gasteiger partial charge is 0.496 e. The van der Waals surface area contributed by atoms with Crippen LogP contribution in [0.1, 0.15) is 41.6 Å². The van der Waals surface area contributed by atoms with Gasteiger partial charge in [-0.1, -0.05) is 0 Å². The molecule has 2 aromatic carbocycles. The molecular formula is C30H34N6O4. The molecule has 0 unspecified atom stereocenters. The Morgan fingerprint density at radius 2 is 1.95 bits per heavy atom. The van der Waals surface area contributed by atoms with Crippen molar-refractivity contribution in [3.8, 4) is 28.8 Å². The van der Waals surface area contributed by atoms with E-state index in [4.69, 9.17) is 14.2 Å². The summed E-state index contributed by atoms with van der Waals surface area (Å²) in [5.74, 6) is 1.23. The number of hydrogen-bond acceptors (Lipinski definition) is 9. The summed E-state index contributed by atoms with van der Waals surface area (Å²) in [5, 5.41) is 15.9. The molecule has 0 spiro atoms. The molecule has 0 radical (unpaired) electrons. The minimum Gasteiger partial charge on any atom is -0.496 e. The second-order valence-electron chi connectivity index (χ2n) is 9.86. The van der Waals surface area contributed by atoms with Gasteiger partial charge in [-0.25, -0.2) is 9.97 Å². The van der Waals surface area contributed by atoms with Crippen molar-refractivity contribution in [3.63, 3.8) is 0 Å². The molecule has 3 heterocycles. The van der Waals surface area contributed by atoms with Crippen molar-refractivity contribution < 1.29 is 19.0 Å². The second-order valence-corrected chi connectivity index (χ2v) is 9.86. The van der Waals surface area contributed by atoms with Gasteiger partial charge in [0.15, 0.2) is 0 Å². The van der Waals surface area contributed by atoms with Crippen LogP contribution in [0.15, 0.2) is 48.7 Å². The molecule has 1 aromatic heterocycles. The van der Waals surface area contributed by atoms with Crippen LogP contribution in [0, 0.1) is 11.3 Å². The van der Waals surface area contributed by atoms with E-state index in [9.17, 15) is 10.1 Å². The first-order chi connectivity index (χ1) is 19.6. The van der Waals surface area contributed by atoms with Crippen molar-refractivity contribution in [3.05, 3.63) is 59.8 Å². The van der Waals surface area contributed by atoms with E-state index in [0.29, 0.717) is 59.7 Å². The smallest absolute Gasteiger partial charge is 0.255 e. The van der Waals surface area contributed by atoms with Crippen molar-refractivity contribution in [1.82, 2.24) is 20.2 Å². The van der Waals surface area contributed by atoms with Crippen molar-refractivity contribution >= 4 is 17.5 Å². The van der Waals surface area contributed by atoms with E-state index < -0.39 is 0 Å². The number of carbonyl (C=O) groups is 1. The Morgan fingerprint density at radius 1 is 1.12 bits per heavy atom. The number of likely N-dealkylation sites (tertiary alicyclic amines) is 1. The molecule has 10 nitrogen and oxygen atoms in total. The van der Waals surface area contributed by atoms with Gasteiger partial charge in [0.1, 0.15) is 23.7 Å². The Morgan fingerprint density at radius 3 is 2.73 bits per heavy atom. The highest BCUT2D eigenvalue weighted by Crippen LogP contribution is 2.29. The lowest BCUT2D eigenvalue weighted by molar-refractivity contribution is 0.0254. The summed E-state index contributed by atoms with van der Waals surface area (Å²) in [4.78, 5) is 24.1. The topological polar surface area (TPSA) is 122 Å². The monoisotopic (exact) mass is 542 g/mol. The Kier molecular flexibility index (Phi) is 9.06. The fourth-order valence-corrected chi connectivity index (χ4v) is 4.95. The number of hydrogen-bond donors (Lipinski definition) is 2. The highest BCUT2D eigenvalue weighted by atomic mass is 16.5. The van der Waals surface area contributed by atoms with Crippen LogP contribution in [0.25, 0.3) is 11.3 Å². The van der Waals surface area contributed by atoms with E-state index in [2.05, 4.69) is 31.6 Å². The third kappa shape index (κ3) is 6.86. The zero-order valence-electron chi connectivity index (χ0n) is 22.7. The van der Waals surface area contributed by atoms with Crippen LogP contribution >= 0.6 is 0 Å². The standard InChI is InChI=1S/C30H34N6O4/c1-38-28-19-23(5-6-25(28)29(37)32-12-15-36-13-2-3-14-36)34-30-33-11-8-26(35-30)21-4-7-27(22(18-21)20-31)40-24-9-16-39-17-10-24/h4-8,11,18-19,24H,2-3,9-10,12-17H2,1H3,(H,32,37)(H,33,34,35). The molecule has 208 valence electrons. The number of nitriles is 1. The molecule has 2 aliphatic heterocycles. The molecule has 0 saturated carbocycles. The maximum Gasteiger partial charge on any atom is 0.255 e. The van der Waals surface area contributed by atoms with Gasteiger partial charge in [-0.3, -0.25) is 4.79 Å². The van der Waals surface area contributed by atoms with Crippen LogP contribution in [0.4, 0.5) is 11.6 Å². The van der Waals surface area contributed by atoms with Crippen molar-refractivity contribution in [2.75, 3.05) is 51.8 Å². The number of nitrogens with zero attached hydrogens (tertiary/aromatic N) is 4. The fraction of sp³-hybridized carbons (Fsp3) is 0.400. The zero-order chi connectivity index (χ0) is 27.7. The van der Waals surface area contributed by atoms with Crippen LogP contribution in [-0.2, 0) is 4.74 Å². The molecule has 2 saturated heterocycles. The zero-order valence-corrected chi connectivity index (χ0v) is 22.7. The average Bonchev–Trinajstić information content (AvgIpc) is 3.51. The molecule has 2 N–H and O–H groups in total. The first kappa shape index (κ1) is 27.4. The molecule has 0 atom stereocenters. The maximum absolute atomic E-state index is 12.8. The highest BCUT2D eigenvalue weighted by Gasteiger charge is 2.18. The lowest BCUT2D eigenvalue weighted by atomic mass is 10.1. The SMILES string of the molecule is COc1cc(Nc2nccc(-c3ccc(OC4CCOCC4)c(C#N)c3)n2)ccc1C(=O)NCCN1CCCC1. The number of aromatic nitrogens is 2. The fourth-order valence-electron chi connectivity index (χ4n) is 4.95. The summed E-state index contributed by atoms with van der Waals surface area (Å²) in [7, 11) is 1.54. The summed E-state index contributed by atoms with van der Waals surface area (Å²) in [6, 6.07) is 14.8. The van der Waals surface area contributed by atoms with Gasteiger partial charge in [0, 0.05) is 49.4 Å². The van der Waals surface area contributed by atoms with E-state index in [1.54, 1.807) is 43.6 Å². The van der Waals surface area contributed by atoms with Gasteiger partial charge in [0.05, 0.1) is 37.1 Å². The molecule has 0 bridgehead atoms. The number of carbonyl (C=O) groups excluding carboxylic acids is 1. The number of anilines is 2. The quantitative estimate of drug-likeness (QED) is 0.389. The van der Waals surface area contributed by atoms with E-state index in [1.807, 2.05) is 12.1 Å².